The average Bonchev–Trinajstić information content (AvgIpc) is 2.68. The lowest BCUT2D eigenvalue weighted by Gasteiger charge is -2.30. The van der Waals surface area contributed by atoms with Gasteiger partial charge in [0.2, 0.25) is 0 Å². The van der Waals surface area contributed by atoms with Crippen LogP contribution in [0, 0.1) is 11.3 Å². The molecule has 2 rings (SSSR count). The molecule has 0 aliphatic heterocycles. The Morgan fingerprint density at radius 1 is 1.11 bits per heavy atom. The summed E-state index contributed by atoms with van der Waals surface area (Å²) in [5.41, 5.74) is 2.52. The van der Waals surface area contributed by atoms with Gasteiger partial charge in [-0.1, -0.05) is 61.4 Å². The molecule has 0 spiro atoms. The zero-order valence-corrected chi connectivity index (χ0v) is 17.1. The molecule has 2 aromatic carbocycles. The molecule has 28 heavy (non-hydrogen) atoms. The van der Waals surface area contributed by atoms with Crippen molar-refractivity contribution in [3.63, 3.8) is 0 Å². The third kappa shape index (κ3) is 6.21. The molecule has 4 nitrogen and oxygen atoms in total. The topological polar surface area (TPSA) is 66.8 Å². The SMILES string of the molecule is CCOC(=O)[C@](C)(CO)C[C@H](CB(C)O)Cc1ccc(-c2ccccc2)cc1. The summed E-state index contributed by atoms with van der Waals surface area (Å²) in [4.78, 5) is 12.3. The number of esters is 1. The number of benzene rings is 2. The standard InChI is InChI=1S/C23H31BO4/c1-4-28-22(26)23(2,17-25)15-19(16-24(3)27)14-18-10-12-21(13-11-18)20-8-6-5-7-9-20/h5-13,19,25,27H,4,14-17H2,1-3H3/t19-,23+/m1/s1. The monoisotopic (exact) mass is 382 g/mol. The first kappa shape index (κ1) is 22.2. The van der Waals surface area contributed by atoms with Gasteiger partial charge in [-0.25, -0.2) is 0 Å². The first-order valence-electron chi connectivity index (χ1n) is 9.98. The molecule has 0 aliphatic rings. The fourth-order valence-electron chi connectivity index (χ4n) is 3.67. The highest BCUT2D eigenvalue weighted by Gasteiger charge is 2.37. The van der Waals surface area contributed by atoms with Crippen molar-refractivity contribution in [1.82, 2.24) is 0 Å². The lowest BCUT2D eigenvalue weighted by molar-refractivity contribution is -0.158. The summed E-state index contributed by atoms with van der Waals surface area (Å²) in [5.74, 6) is -0.323. The van der Waals surface area contributed by atoms with Crippen molar-refractivity contribution in [2.45, 2.75) is 39.8 Å². The van der Waals surface area contributed by atoms with Crippen LogP contribution < -0.4 is 0 Å². The summed E-state index contributed by atoms with van der Waals surface area (Å²) in [7, 11) is 0. The summed E-state index contributed by atoms with van der Waals surface area (Å²) in [6.45, 7) is 4.80. The number of carbonyl (C=O) groups excluding carboxylic acids is 1. The van der Waals surface area contributed by atoms with Crippen LogP contribution in [-0.4, -0.2) is 36.2 Å². The predicted molar refractivity (Wildman–Crippen MR) is 114 cm³/mol. The van der Waals surface area contributed by atoms with Crippen LogP contribution in [0.1, 0.15) is 25.8 Å². The molecule has 2 N–H and O–H groups in total. The maximum Gasteiger partial charge on any atom is 0.314 e. The van der Waals surface area contributed by atoms with Crippen molar-refractivity contribution in [3.8, 4) is 11.1 Å². The molecule has 5 heteroatoms. The van der Waals surface area contributed by atoms with Gasteiger partial charge in [-0.3, -0.25) is 4.79 Å². The Balaban J connectivity index is 2.14. The number of hydrogen-bond acceptors (Lipinski definition) is 4. The largest absolute Gasteiger partial charge is 0.466 e. The first-order valence-corrected chi connectivity index (χ1v) is 9.98. The Bertz CT molecular complexity index is 730. The molecule has 0 fully saturated rings. The fourth-order valence-corrected chi connectivity index (χ4v) is 3.67. The van der Waals surface area contributed by atoms with E-state index in [0.717, 1.165) is 17.5 Å². The van der Waals surface area contributed by atoms with E-state index in [2.05, 4.69) is 36.4 Å². The van der Waals surface area contributed by atoms with Gasteiger partial charge in [0.1, 0.15) is 0 Å². The first-order chi connectivity index (χ1) is 13.4. The minimum absolute atomic E-state index is 0.0594. The Labute approximate surface area is 168 Å². The molecule has 0 radical (unpaired) electrons. The van der Waals surface area contributed by atoms with Gasteiger partial charge < -0.3 is 14.9 Å². The molecule has 2 atom stereocenters. The van der Waals surface area contributed by atoms with Gasteiger partial charge in [0.05, 0.1) is 18.6 Å². The molecule has 2 aromatic rings. The lowest BCUT2D eigenvalue weighted by Crippen LogP contribution is -2.36. The smallest absolute Gasteiger partial charge is 0.314 e. The zero-order chi connectivity index (χ0) is 20.6. The second-order valence-corrected chi connectivity index (χ2v) is 7.86. The second kappa shape index (κ2) is 10.4. The second-order valence-electron chi connectivity index (χ2n) is 7.86. The summed E-state index contributed by atoms with van der Waals surface area (Å²) in [5, 5.41) is 19.8. The van der Waals surface area contributed by atoms with E-state index in [1.54, 1.807) is 20.7 Å². The van der Waals surface area contributed by atoms with E-state index in [9.17, 15) is 14.9 Å². The van der Waals surface area contributed by atoms with E-state index in [1.165, 1.54) is 5.56 Å². The molecule has 0 saturated carbocycles. The molecule has 0 saturated heterocycles. The highest BCUT2D eigenvalue weighted by molar-refractivity contribution is 6.48. The molecule has 0 aliphatic carbocycles. The van der Waals surface area contributed by atoms with Crippen molar-refractivity contribution >= 4 is 12.9 Å². The van der Waals surface area contributed by atoms with Crippen molar-refractivity contribution < 1.29 is 19.7 Å². The van der Waals surface area contributed by atoms with E-state index in [4.69, 9.17) is 4.74 Å². The van der Waals surface area contributed by atoms with Crippen LogP contribution >= 0.6 is 0 Å². The van der Waals surface area contributed by atoms with Crippen LogP contribution in [0.25, 0.3) is 11.1 Å². The molecular formula is C23H31BO4. The zero-order valence-electron chi connectivity index (χ0n) is 17.1. The Kier molecular flexibility index (Phi) is 8.27. The summed E-state index contributed by atoms with van der Waals surface area (Å²) in [6, 6.07) is 18.6. The molecule has 0 bridgehead atoms. The molecule has 0 amide bonds. The predicted octanol–water partition coefficient (Wildman–Crippen LogP) is 4.08. The van der Waals surface area contributed by atoms with E-state index >= 15 is 0 Å². The van der Waals surface area contributed by atoms with Gasteiger partial charge >= 0.3 is 5.97 Å². The number of hydrogen-bond donors (Lipinski definition) is 2. The van der Waals surface area contributed by atoms with Crippen LogP contribution in [0.5, 0.6) is 0 Å². The maximum absolute atomic E-state index is 12.3. The molecular weight excluding hydrogens is 351 g/mol. The number of ether oxygens (including phenoxy) is 1. The van der Waals surface area contributed by atoms with Crippen LogP contribution in [0.3, 0.4) is 0 Å². The van der Waals surface area contributed by atoms with Crippen molar-refractivity contribution in [2.75, 3.05) is 13.2 Å². The fraction of sp³-hybridized carbons (Fsp3) is 0.435. The number of rotatable bonds is 10. The Hall–Kier alpha value is -2.11. The highest BCUT2D eigenvalue weighted by Crippen LogP contribution is 2.32. The normalized spacial score (nSPS) is 14.2. The summed E-state index contributed by atoms with van der Waals surface area (Å²) in [6.07, 6.45) is 1.76. The van der Waals surface area contributed by atoms with Crippen LogP contribution in [0.4, 0.5) is 0 Å². The molecule has 150 valence electrons. The van der Waals surface area contributed by atoms with Crippen molar-refractivity contribution in [2.24, 2.45) is 11.3 Å². The van der Waals surface area contributed by atoms with Crippen molar-refractivity contribution in [3.05, 3.63) is 60.2 Å². The minimum atomic E-state index is -0.959. The van der Waals surface area contributed by atoms with Gasteiger partial charge in [-0.2, -0.15) is 0 Å². The van der Waals surface area contributed by atoms with Crippen LogP contribution in [0.15, 0.2) is 54.6 Å². The minimum Gasteiger partial charge on any atom is -0.466 e. The van der Waals surface area contributed by atoms with Gasteiger partial charge in [0, 0.05) is 0 Å². The van der Waals surface area contributed by atoms with Crippen molar-refractivity contribution in [1.29, 1.82) is 0 Å². The number of aliphatic hydroxyl groups excluding tert-OH is 1. The van der Waals surface area contributed by atoms with E-state index < -0.39 is 12.3 Å². The number of aliphatic hydroxyl groups is 1. The van der Waals surface area contributed by atoms with E-state index in [0.29, 0.717) is 12.7 Å². The third-order valence-electron chi connectivity index (χ3n) is 5.12. The lowest BCUT2D eigenvalue weighted by atomic mass is 9.60. The van der Waals surface area contributed by atoms with E-state index in [1.807, 2.05) is 18.2 Å². The Morgan fingerprint density at radius 3 is 2.25 bits per heavy atom. The highest BCUT2D eigenvalue weighted by atomic mass is 16.5. The molecule has 0 aromatic heterocycles. The Morgan fingerprint density at radius 2 is 1.71 bits per heavy atom. The number of carbonyl (C=O) groups is 1. The third-order valence-corrected chi connectivity index (χ3v) is 5.12. The van der Waals surface area contributed by atoms with Gasteiger partial charge in [-0.15, -0.1) is 0 Å². The summed E-state index contributed by atoms with van der Waals surface area (Å²) >= 11 is 0. The van der Waals surface area contributed by atoms with Crippen LogP contribution in [-0.2, 0) is 16.0 Å². The van der Waals surface area contributed by atoms with Gasteiger partial charge in [-0.05, 0) is 55.6 Å². The van der Waals surface area contributed by atoms with E-state index in [-0.39, 0.29) is 25.1 Å². The quantitative estimate of drug-likeness (QED) is 0.480. The van der Waals surface area contributed by atoms with Gasteiger partial charge in [0.25, 0.3) is 6.92 Å². The average molecular weight is 382 g/mol. The molecule has 0 unspecified atom stereocenters. The molecule has 0 heterocycles. The summed E-state index contributed by atoms with van der Waals surface area (Å²) < 4.78 is 5.16. The maximum atomic E-state index is 12.3. The van der Waals surface area contributed by atoms with Crippen LogP contribution in [0.2, 0.25) is 13.1 Å². The van der Waals surface area contributed by atoms with Gasteiger partial charge in [0.15, 0.2) is 0 Å².